The van der Waals surface area contributed by atoms with Gasteiger partial charge in [0.25, 0.3) is 0 Å². The summed E-state index contributed by atoms with van der Waals surface area (Å²) in [6.45, 7) is 4.03. The van der Waals surface area contributed by atoms with Crippen molar-refractivity contribution in [3.63, 3.8) is 0 Å². The molecule has 4 heteroatoms. The topological polar surface area (TPSA) is 69.7 Å². The molecule has 1 aliphatic heterocycles. The van der Waals surface area contributed by atoms with Gasteiger partial charge < -0.3 is 15.9 Å². The van der Waals surface area contributed by atoms with Crippen LogP contribution in [0, 0.1) is 0 Å². The molecule has 0 unspecified atom stereocenters. The fraction of sp³-hybridized carbons (Fsp3) is 0.400. The Labute approximate surface area is 143 Å². The number of aliphatic hydroxyl groups is 1. The Morgan fingerprint density at radius 1 is 1.00 bits per heavy atom. The van der Waals surface area contributed by atoms with E-state index in [9.17, 15) is 10.2 Å². The number of benzene rings is 2. The normalized spacial score (nSPS) is 20.5. The molecule has 0 spiro atoms. The largest absolute Gasteiger partial charge is 0.508 e. The molecule has 0 saturated carbocycles. The maximum atomic E-state index is 10.5. The Morgan fingerprint density at radius 2 is 1.58 bits per heavy atom. The maximum Gasteiger partial charge on any atom is 0.115 e. The zero-order valence-electron chi connectivity index (χ0n) is 14.1. The van der Waals surface area contributed by atoms with Crippen molar-refractivity contribution < 1.29 is 10.2 Å². The third kappa shape index (κ3) is 3.46. The van der Waals surface area contributed by atoms with Crippen LogP contribution in [0.15, 0.2) is 54.6 Å². The van der Waals surface area contributed by atoms with Gasteiger partial charge in [-0.3, -0.25) is 4.90 Å². The fourth-order valence-corrected chi connectivity index (χ4v) is 3.51. The van der Waals surface area contributed by atoms with Crippen LogP contribution in [0.25, 0.3) is 0 Å². The molecular weight excluding hydrogens is 300 g/mol. The Hall–Kier alpha value is -1.88. The average Bonchev–Trinajstić information content (AvgIpc) is 2.62. The van der Waals surface area contributed by atoms with Gasteiger partial charge >= 0.3 is 0 Å². The first-order valence-electron chi connectivity index (χ1n) is 8.52. The molecule has 2 atom stereocenters. The van der Waals surface area contributed by atoms with Gasteiger partial charge in [-0.05, 0) is 41.5 Å². The van der Waals surface area contributed by atoms with Crippen LogP contribution >= 0.6 is 0 Å². The summed E-state index contributed by atoms with van der Waals surface area (Å²) in [5.74, 6) is 0.191. The van der Waals surface area contributed by atoms with Crippen LogP contribution in [0.5, 0.6) is 5.75 Å². The van der Waals surface area contributed by atoms with Gasteiger partial charge in [0.1, 0.15) is 11.9 Å². The van der Waals surface area contributed by atoms with E-state index in [1.807, 2.05) is 6.07 Å². The predicted molar refractivity (Wildman–Crippen MR) is 95.6 cm³/mol. The van der Waals surface area contributed by atoms with Crippen LogP contribution in [0.3, 0.4) is 0 Å². The molecule has 24 heavy (non-hydrogen) atoms. The zero-order valence-corrected chi connectivity index (χ0v) is 14.1. The molecule has 4 N–H and O–H groups in total. The van der Waals surface area contributed by atoms with Crippen molar-refractivity contribution in [2.45, 2.75) is 37.5 Å². The first kappa shape index (κ1) is 17.0. The standard InChI is InChI=1S/C20H26N2O2/c1-20(16-5-3-2-4-6-16)11-13-22(14-12-20)19(21)18(24)15-7-9-17(23)10-8-15/h2-10,18-19,23-24H,11-14,21H2,1H3/t18-,19+/m0/s1. The van der Waals surface area contributed by atoms with Crippen molar-refractivity contribution in [3.05, 3.63) is 65.7 Å². The minimum absolute atomic E-state index is 0.168. The van der Waals surface area contributed by atoms with Gasteiger partial charge in [-0.2, -0.15) is 0 Å². The Morgan fingerprint density at radius 3 is 2.17 bits per heavy atom. The van der Waals surface area contributed by atoms with E-state index in [-0.39, 0.29) is 11.2 Å². The Balaban J connectivity index is 1.64. The number of nitrogens with zero attached hydrogens (tertiary/aromatic N) is 1. The van der Waals surface area contributed by atoms with Gasteiger partial charge in [-0.25, -0.2) is 0 Å². The fourth-order valence-electron chi connectivity index (χ4n) is 3.51. The molecule has 1 fully saturated rings. The van der Waals surface area contributed by atoms with Crippen molar-refractivity contribution in [3.8, 4) is 5.75 Å². The lowest BCUT2D eigenvalue weighted by atomic mass is 9.74. The first-order valence-corrected chi connectivity index (χ1v) is 8.52. The highest BCUT2D eigenvalue weighted by molar-refractivity contribution is 5.28. The molecule has 0 bridgehead atoms. The predicted octanol–water partition coefficient (Wildman–Crippen LogP) is 2.76. The minimum atomic E-state index is -0.758. The lowest BCUT2D eigenvalue weighted by Crippen LogP contribution is -2.52. The van der Waals surface area contributed by atoms with Gasteiger partial charge in [0.05, 0.1) is 6.17 Å². The van der Waals surface area contributed by atoms with E-state index < -0.39 is 12.3 Å². The number of nitrogens with two attached hydrogens (primary N) is 1. The maximum absolute atomic E-state index is 10.5. The van der Waals surface area contributed by atoms with E-state index in [1.54, 1.807) is 24.3 Å². The molecule has 2 aromatic rings. The lowest BCUT2D eigenvalue weighted by Gasteiger charge is -2.43. The van der Waals surface area contributed by atoms with E-state index in [1.165, 1.54) is 5.56 Å². The number of hydrogen-bond acceptors (Lipinski definition) is 4. The third-order valence-electron chi connectivity index (χ3n) is 5.35. The highest BCUT2D eigenvalue weighted by atomic mass is 16.3. The van der Waals surface area contributed by atoms with E-state index in [0.29, 0.717) is 0 Å². The number of piperidine rings is 1. The Kier molecular flexibility index (Phi) is 4.90. The van der Waals surface area contributed by atoms with Crippen LogP contribution in [-0.2, 0) is 5.41 Å². The molecular formula is C20H26N2O2. The number of aliphatic hydroxyl groups excluding tert-OH is 1. The summed E-state index contributed by atoms with van der Waals surface area (Å²) in [6, 6.07) is 17.2. The summed E-state index contributed by atoms with van der Waals surface area (Å²) >= 11 is 0. The smallest absolute Gasteiger partial charge is 0.115 e. The van der Waals surface area contributed by atoms with Crippen molar-refractivity contribution in [2.24, 2.45) is 5.73 Å². The van der Waals surface area contributed by atoms with Crippen LogP contribution in [0.4, 0.5) is 0 Å². The average molecular weight is 326 g/mol. The quantitative estimate of drug-likeness (QED) is 0.808. The minimum Gasteiger partial charge on any atom is -0.508 e. The third-order valence-corrected chi connectivity index (χ3v) is 5.35. The van der Waals surface area contributed by atoms with Gasteiger partial charge in [-0.15, -0.1) is 0 Å². The molecule has 1 saturated heterocycles. The number of phenolic OH excluding ortho intramolecular Hbond substituents is 1. The first-order chi connectivity index (χ1) is 11.5. The summed E-state index contributed by atoms with van der Waals surface area (Å²) in [6.07, 6.45) is 0.849. The summed E-state index contributed by atoms with van der Waals surface area (Å²) in [5, 5.41) is 19.9. The molecule has 1 aliphatic rings. The van der Waals surface area contributed by atoms with Gasteiger partial charge in [0.2, 0.25) is 0 Å². The lowest BCUT2D eigenvalue weighted by molar-refractivity contribution is 0.0274. The van der Waals surface area contributed by atoms with Crippen LogP contribution in [0.2, 0.25) is 0 Å². The molecule has 1 heterocycles. The van der Waals surface area contributed by atoms with E-state index in [2.05, 4.69) is 36.1 Å². The van der Waals surface area contributed by atoms with E-state index in [4.69, 9.17) is 5.73 Å². The second kappa shape index (κ2) is 6.93. The molecule has 2 aromatic carbocycles. The highest BCUT2D eigenvalue weighted by Gasteiger charge is 2.35. The second-order valence-corrected chi connectivity index (χ2v) is 6.99. The number of phenols is 1. The number of rotatable bonds is 4. The van der Waals surface area contributed by atoms with Crippen LogP contribution in [-0.4, -0.2) is 34.4 Å². The summed E-state index contributed by atoms with van der Waals surface area (Å²) < 4.78 is 0. The molecule has 0 aromatic heterocycles. The van der Waals surface area contributed by atoms with Gasteiger partial charge in [0.15, 0.2) is 0 Å². The summed E-state index contributed by atoms with van der Waals surface area (Å²) in [7, 11) is 0. The summed E-state index contributed by atoms with van der Waals surface area (Å²) in [4.78, 5) is 2.15. The number of likely N-dealkylation sites (tertiary alicyclic amines) is 1. The van der Waals surface area contributed by atoms with Crippen LogP contribution < -0.4 is 5.73 Å². The molecule has 0 amide bonds. The highest BCUT2D eigenvalue weighted by Crippen LogP contribution is 2.36. The Bertz CT molecular complexity index is 649. The molecule has 0 aliphatic carbocycles. The van der Waals surface area contributed by atoms with Crippen molar-refractivity contribution >= 4 is 0 Å². The number of hydrogen-bond donors (Lipinski definition) is 3. The van der Waals surface area contributed by atoms with Crippen molar-refractivity contribution in [1.82, 2.24) is 4.90 Å². The molecule has 128 valence electrons. The van der Waals surface area contributed by atoms with Crippen LogP contribution in [0.1, 0.15) is 37.0 Å². The second-order valence-electron chi connectivity index (χ2n) is 6.99. The van der Waals surface area contributed by atoms with Gasteiger partial charge in [0, 0.05) is 13.1 Å². The zero-order chi connectivity index (χ0) is 17.2. The van der Waals surface area contributed by atoms with Crippen molar-refractivity contribution in [1.29, 1.82) is 0 Å². The molecule has 4 nitrogen and oxygen atoms in total. The number of aromatic hydroxyl groups is 1. The molecule has 3 rings (SSSR count). The SMILES string of the molecule is CC1(c2ccccc2)CCN([C@@H](N)[C@@H](O)c2ccc(O)cc2)CC1. The van der Waals surface area contributed by atoms with E-state index in [0.717, 1.165) is 31.5 Å². The monoisotopic (exact) mass is 326 g/mol. The molecule has 0 radical (unpaired) electrons. The summed E-state index contributed by atoms with van der Waals surface area (Å²) in [5.41, 5.74) is 8.58. The van der Waals surface area contributed by atoms with E-state index >= 15 is 0 Å². The van der Waals surface area contributed by atoms with Gasteiger partial charge in [-0.1, -0.05) is 49.4 Å². The van der Waals surface area contributed by atoms with Crippen molar-refractivity contribution in [2.75, 3.05) is 13.1 Å².